The van der Waals surface area contributed by atoms with Gasteiger partial charge >= 0.3 is 5.97 Å². The lowest BCUT2D eigenvalue weighted by Gasteiger charge is -2.20. The molecule has 6 heteroatoms. The summed E-state index contributed by atoms with van der Waals surface area (Å²) in [5, 5.41) is 0. The van der Waals surface area contributed by atoms with E-state index in [1.54, 1.807) is 33.9 Å². The highest BCUT2D eigenvalue weighted by Crippen LogP contribution is 2.08. The van der Waals surface area contributed by atoms with Gasteiger partial charge in [0.25, 0.3) is 11.5 Å². The Hall–Kier alpha value is -2.11. The van der Waals surface area contributed by atoms with E-state index in [1.165, 1.54) is 12.0 Å². The average molecular weight is 280 g/mol. The van der Waals surface area contributed by atoms with E-state index < -0.39 is 17.4 Å². The Morgan fingerprint density at radius 2 is 2.00 bits per heavy atom. The number of aromatic amines is 1. The minimum absolute atomic E-state index is 0.107. The van der Waals surface area contributed by atoms with E-state index in [-0.39, 0.29) is 18.1 Å². The van der Waals surface area contributed by atoms with Gasteiger partial charge in [0.15, 0.2) is 0 Å². The molecule has 0 saturated heterocycles. The monoisotopic (exact) mass is 280 g/mol. The number of hydrogen-bond acceptors (Lipinski definition) is 4. The first-order chi connectivity index (χ1) is 9.27. The zero-order valence-electron chi connectivity index (χ0n) is 12.4. The van der Waals surface area contributed by atoms with Crippen LogP contribution in [0.15, 0.2) is 10.9 Å². The third-order valence-electron chi connectivity index (χ3n) is 3.08. The molecule has 0 aromatic carbocycles. The SMILES string of the molecule is COC(=O)C(C)CN(C)C(=O)c1c(C)cc(C)[nH]c1=O. The van der Waals surface area contributed by atoms with E-state index in [2.05, 4.69) is 9.72 Å². The number of aryl methyl sites for hydroxylation is 2. The molecule has 6 nitrogen and oxygen atoms in total. The smallest absolute Gasteiger partial charge is 0.310 e. The zero-order valence-corrected chi connectivity index (χ0v) is 12.4. The van der Waals surface area contributed by atoms with Crippen LogP contribution in [0.5, 0.6) is 0 Å². The molecular formula is C14H20N2O4. The molecule has 1 heterocycles. The van der Waals surface area contributed by atoms with Crippen molar-refractivity contribution >= 4 is 11.9 Å². The van der Waals surface area contributed by atoms with Crippen molar-refractivity contribution in [3.8, 4) is 0 Å². The maximum absolute atomic E-state index is 12.3. The number of pyridine rings is 1. The number of ether oxygens (including phenoxy) is 1. The fraction of sp³-hybridized carbons (Fsp3) is 0.500. The van der Waals surface area contributed by atoms with Gasteiger partial charge in [-0.05, 0) is 25.5 Å². The van der Waals surface area contributed by atoms with Crippen LogP contribution in [-0.2, 0) is 9.53 Å². The molecule has 0 spiro atoms. The number of rotatable bonds is 4. The number of hydrogen-bond donors (Lipinski definition) is 1. The number of H-pyrrole nitrogens is 1. The van der Waals surface area contributed by atoms with Crippen LogP contribution in [-0.4, -0.2) is 42.5 Å². The van der Waals surface area contributed by atoms with Crippen LogP contribution < -0.4 is 5.56 Å². The molecule has 1 N–H and O–H groups in total. The summed E-state index contributed by atoms with van der Waals surface area (Å²) in [5.74, 6) is -1.24. The highest BCUT2D eigenvalue weighted by Gasteiger charge is 2.22. The Morgan fingerprint density at radius 3 is 2.50 bits per heavy atom. The van der Waals surface area contributed by atoms with Crippen molar-refractivity contribution in [2.45, 2.75) is 20.8 Å². The lowest BCUT2D eigenvalue weighted by molar-refractivity contribution is -0.145. The number of carbonyl (C=O) groups is 2. The molecule has 0 aliphatic heterocycles. The summed E-state index contributed by atoms with van der Waals surface area (Å²) in [7, 11) is 2.86. The third-order valence-corrected chi connectivity index (χ3v) is 3.08. The van der Waals surface area contributed by atoms with Crippen molar-refractivity contribution in [2.24, 2.45) is 5.92 Å². The van der Waals surface area contributed by atoms with Gasteiger partial charge in [-0.1, -0.05) is 6.92 Å². The molecule has 1 unspecified atom stereocenters. The van der Waals surface area contributed by atoms with Crippen LogP contribution in [0, 0.1) is 19.8 Å². The average Bonchev–Trinajstić information content (AvgIpc) is 2.36. The fourth-order valence-electron chi connectivity index (χ4n) is 2.08. The van der Waals surface area contributed by atoms with Crippen molar-refractivity contribution in [2.75, 3.05) is 20.7 Å². The molecular weight excluding hydrogens is 260 g/mol. The van der Waals surface area contributed by atoms with Gasteiger partial charge in [-0.2, -0.15) is 0 Å². The summed E-state index contributed by atoms with van der Waals surface area (Å²) in [6, 6.07) is 1.74. The first-order valence-corrected chi connectivity index (χ1v) is 6.31. The first-order valence-electron chi connectivity index (χ1n) is 6.31. The van der Waals surface area contributed by atoms with Crippen LogP contribution in [0.25, 0.3) is 0 Å². The molecule has 1 aromatic heterocycles. The van der Waals surface area contributed by atoms with Crippen molar-refractivity contribution in [1.29, 1.82) is 0 Å². The second-order valence-corrected chi connectivity index (χ2v) is 4.95. The molecule has 1 amide bonds. The minimum atomic E-state index is -0.446. The third kappa shape index (κ3) is 3.46. The molecule has 0 aliphatic carbocycles. The topological polar surface area (TPSA) is 79.5 Å². The lowest BCUT2D eigenvalue weighted by Crippen LogP contribution is -2.37. The molecule has 0 saturated carbocycles. The summed E-state index contributed by atoms with van der Waals surface area (Å²) in [5.41, 5.74) is 1.02. The Morgan fingerprint density at radius 1 is 1.40 bits per heavy atom. The van der Waals surface area contributed by atoms with Gasteiger partial charge in [-0.25, -0.2) is 0 Å². The summed E-state index contributed by atoms with van der Waals surface area (Å²) in [6.07, 6.45) is 0. The second-order valence-electron chi connectivity index (χ2n) is 4.95. The molecule has 0 aliphatic rings. The molecule has 20 heavy (non-hydrogen) atoms. The predicted octanol–water partition coefficient (Wildman–Crippen LogP) is 0.873. The van der Waals surface area contributed by atoms with Crippen LogP contribution in [0.3, 0.4) is 0 Å². The van der Waals surface area contributed by atoms with Gasteiger partial charge in [-0.15, -0.1) is 0 Å². The number of amides is 1. The summed E-state index contributed by atoms with van der Waals surface area (Å²) in [6.45, 7) is 5.33. The van der Waals surface area contributed by atoms with E-state index in [4.69, 9.17) is 0 Å². The summed E-state index contributed by atoms with van der Waals surface area (Å²) >= 11 is 0. The number of nitrogens with zero attached hydrogens (tertiary/aromatic N) is 1. The van der Waals surface area contributed by atoms with Crippen LogP contribution >= 0.6 is 0 Å². The Balaban J connectivity index is 2.96. The minimum Gasteiger partial charge on any atom is -0.469 e. The Bertz CT molecular complexity index is 577. The maximum Gasteiger partial charge on any atom is 0.310 e. The molecule has 110 valence electrons. The van der Waals surface area contributed by atoms with Crippen LogP contribution in [0.4, 0.5) is 0 Å². The molecule has 0 fully saturated rings. The van der Waals surface area contributed by atoms with Gasteiger partial charge in [0.05, 0.1) is 13.0 Å². The molecule has 1 atom stereocenters. The van der Waals surface area contributed by atoms with Crippen molar-refractivity contribution < 1.29 is 14.3 Å². The Labute approximate surface area is 117 Å². The standard InChI is InChI=1S/C14H20N2O4/c1-8-6-10(3)15-12(17)11(8)13(18)16(4)7-9(2)14(19)20-5/h6,9H,7H2,1-5H3,(H,15,17). The molecule has 1 aromatic rings. The van der Waals surface area contributed by atoms with Crippen LogP contribution in [0.2, 0.25) is 0 Å². The van der Waals surface area contributed by atoms with Crippen molar-refractivity contribution in [3.63, 3.8) is 0 Å². The molecule has 0 radical (unpaired) electrons. The van der Waals surface area contributed by atoms with E-state index in [0.29, 0.717) is 11.3 Å². The highest BCUT2D eigenvalue weighted by atomic mass is 16.5. The summed E-state index contributed by atoms with van der Waals surface area (Å²) in [4.78, 5) is 39.5. The number of nitrogens with one attached hydrogen (secondary N) is 1. The quantitative estimate of drug-likeness (QED) is 0.830. The van der Waals surface area contributed by atoms with Gasteiger partial charge < -0.3 is 14.6 Å². The van der Waals surface area contributed by atoms with Gasteiger partial charge in [0.1, 0.15) is 5.56 Å². The van der Waals surface area contributed by atoms with E-state index >= 15 is 0 Å². The predicted molar refractivity (Wildman–Crippen MR) is 74.7 cm³/mol. The van der Waals surface area contributed by atoms with Gasteiger partial charge in [0, 0.05) is 19.3 Å². The van der Waals surface area contributed by atoms with E-state index in [9.17, 15) is 14.4 Å². The van der Waals surface area contributed by atoms with Gasteiger partial charge in [-0.3, -0.25) is 14.4 Å². The Kier molecular flexibility index (Phi) is 5.07. The maximum atomic E-state index is 12.3. The highest BCUT2D eigenvalue weighted by molar-refractivity contribution is 5.95. The largest absolute Gasteiger partial charge is 0.469 e. The first kappa shape index (κ1) is 15.9. The number of methoxy groups -OCH3 is 1. The molecule has 0 bridgehead atoms. The van der Waals surface area contributed by atoms with E-state index in [1.807, 2.05) is 0 Å². The number of esters is 1. The van der Waals surface area contributed by atoms with Gasteiger partial charge in [0.2, 0.25) is 0 Å². The zero-order chi connectivity index (χ0) is 15.4. The lowest BCUT2D eigenvalue weighted by atomic mass is 10.1. The van der Waals surface area contributed by atoms with Crippen molar-refractivity contribution in [1.82, 2.24) is 9.88 Å². The second kappa shape index (κ2) is 6.36. The molecule has 1 rings (SSSR count). The fourth-order valence-corrected chi connectivity index (χ4v) is 2.08. The number of carbonyl (C=O) groups excluding carboxylic acids is 2. The van der Waals surface area contributed by atoms with E-state index in [0.717, 1.165) is 0 Å². The van der Waals surface area contributed by atoms with Crippen LogP contribution in [0.1, 0.15) is 28.5 Å². The summed E-state index contributed by atoms with van der Waals surface area (Å²) < 4.78 is 4.62. The normalized spacial score (nSPS) is 11.8. The number of aromatic nitrogens is 1. The van der Waals surface area contributed by atoms with Crippen molar-refractivity contribution in [3.05, 3.63) is 33.2 Å².